The number of amides is 1. The van der Waals surface area contributed by atoms with Crippen molar-refractivity contribution in [1.82, 2.24) is 4.90 Å². The second-order valence-electron chi connectivity index (χ2n) is 7.39. The number of aliphatic hydroxyl groups is 1. The Balaban J connectivity index is 1.58. The molecule has 0 spiro atoms. The molecule has 4 bridgehead atoms. The highest BCUT2D eigenvalue weighted by atomic mass is 16.3. The molecule has 4 saturated carbocycles. The zero-order chi connectivity index (χ0) is 14.2. The third-order valence-electron chi connectivity index (χ3n) is 6.03. The monoisotopic (exact) mass is 281 g/mol. The highest BCUT2D eigenvalue weighted by molar-refractivity contribution is 6.01. The summed E-state index contributed by atoms with van der Waals surface area (Å²) in [5.41, 5.74) is 1.13. The van der Waals surface area contributed by atoms with Crippen LogP contribution in [0.5, 0.6) is 0 Å². The Morgan fingerprint density at radius 1 is 1.05 bits per heavy atom. The van der Waals surface area contributed by atoms with Gasteiger partial charge in [-0.1, -0.05) is 18.2 Å². The fraction of sp³-hybridized carbons (Fsp3) is 0.500. The summed E-state index contributed by atoms with van der Waals surface area (Å²) < 4.78 is 0. The van der Waals surface area contributed by atoms with Crippen LogP contribution in [-0.4, -0.2) is 21.5 Å². The number of nitrogens with zero attached hydrogens (tertiary/aromatic N) is 1. The number of hydrogen-bond donors (Lipinski definition) is 1. The summed E-state index contributed by atoms with van der Waals surface area (Å²) in [6, 6.07) is 7.43. The van der Waals surface area contributed by atoms with Gasteiger partial charge in [-0.05, 0) is 62.3 Å². The minimum Gasteiger partial charge on any atom is -0.363 e. The molecule has 0 saturated heterocycles. The molecule has 6 rings (SSSR count). The van der Waals surface area contributed by atoms with Crippen molar-refractivity contribution in [2.75, 3.05) is 0 Å². The zero-order valence-corrected chi connectivity index (χ0v) is 12.0. The summed E-state index contributed by atoms with van der Waals surface area (Å²) in [7, 11) is 0. The third kappa shape index (κ3) is 1.50. The van der Waals surface area contributed by atoms with Crippen LogP contribution in [0.2, 0.25) is 0 Å². The van der Waals surface area contributed by atoms with Gasteiger partial charge in [0.25, 0.3) is 5.91 Å². The van der Waals surface area contributed by atoms with Gasteiger partial charge >= 0.3 is 0 Å². The fourth-order valence-electron chi connectivity index (χ4n) is 5.62. The first kappa shape index (κ1) is 12.2. The van der Waals surface area contributed by atoms with Crippen molar-refractivity contribution in [1.29, 1.82) is 0 Å². The van der Waals surface area contributed by atoms with E-state index in [1.807, 2.05) is 24.3 Å². The van der Waals surface area contributed by atoms with Crippen LogP contribution in [0.3, 0.4) is 0 Å². The van der Waals surface area contributed by atoms with E-state index in [1.54, 1.807) is 4.90 Å². The van der Waals surface area contributed by atoms with Gasteiger partial charge in [0, 0.05) is 11.1 Å². The average molecular weight is 281 g/mol. The third-order valence-corrected chi connectivity index (χ3v) is 6.03. The Kier molecular flexibility index (Phi) is 2.26. The molecule has 2 radical (unpaired) electrons. The number of carbonyl (C=O) groups excluding carboxylic acids is 1. The average Bonchev–Trinajstić information content (AvgIpc) is 2.70. The van der Waals surface area contributed by atoms with Crippen LogP contribution in [-0.2, 0) is 0 Å². The Morgan fingerprint density at radius 3 is 2.33 bits per heavy atom. The largest absolute Gasteiger partial charge is 0.363 e. The number of fused-ring (bicyclic) bond motifs is 1. The maximum absolute atomic E-state index is 12.8. The van der Waals surface area contributed by atoms with Gasteiger partial charge in [-0.15, -0.1) is 0 Å². The van der Waals surface area contributed by atoms with Gasteiger partial charge in [0.15, 0.2) is 0 Å². The minimum atomic E-state index is -0.227. The maximum Gasteiger partial charge on any atom is 0.257 e. The predicted octanol–water partition coefficient (Wildman–Crippen LogP) is 3.14. The predicted molar refractivity (Wildman–Crippen MR) is 77.5 cm³/mol. The van der Waals surface area contributed by atoms with E-state index in [0.29, 0.717) is 17.0 Å². The molecule has 0 aromatic heterocycles. The van der Waals surface area contributed by atoms with E-state index < -0.39 is 0 Å². The van der Waals surface area contributed by atoms with Gasteiger partial charge < -0.3 is 5.11 Å². The smallest absolute Gasteiger partial charge is 0.257 e. The summed E-state index contributed by atoms with van der Waals surface area (Å²) in [5.74, 6) is 2.09. The van der Waals surface area contributed by atoms with E-state index in [0.717, 1.165) is 24.7 Å². The molecular formula is C18H19NO2. The van der Waals surface area contributed by atoms with Crippen LogP contribution in [0.25, 0.3) is 0 Å². The van der Waals surface area contributed by atoms with Crippen LogP contribution < -0.4 is 0 Å². The Morgan fingerprint density at radius 2 is 1.71 bits per heavy atom. The van der Waals surface area contributed by atoms with Gasteiger partial charge in [0.2, 0.25) is 6.23 Å². The number of rotatable bonds is 1. The topological polar surface area (TPSA) is 40.5 Å². The molecule has 2 atom stereocenters. The SMILES string of the molecule is O=C1c2ccccc2[C](O)N1C12[CH]C3CC(CC(C3)C1)C2. The molecule has 1 heterocycles. The lowest BCUT2D eigenvalue weighted by Crippen LogP contribution is -2.61. The zero-order valence-electron chi connectivity index (χ0n) is 12.0. The van der Waals surface area contributed by atoms with Crippen molar-refractivity contribution in [3.63, 3.8) is 0 Å². The van der Waals surface area contributed by atoms with Gasteiger partial charge in [-0.25, -0.2) is 0 Å². The summed E-state index contributed by atoms with van der Waals surface area (Å²) >= 11 is 0. The van der Waals surface area contributed by atoms with Crippen molar-refractivity contribution >= 4 is 5.91 Å². The second kappa shape index (κ2) is 3.89. The Labute approximate surface area is 125 Å². The van der Waals surface area contributed by atoms with Crippen LogP contribution in [0, 0.1) is 30.4 Å². The first-order valence-corrected chi connectivity index (χ1v) is 8.02. The number of aliphatic hydroxyl groups excluding tert-OH is 1. The molecule has 4 aliphatic carbocycles. The molecule has 5 aliphatic rings. The molecule has 2 unspecified atom stereocenters. The van der Waals surface area contributed by atoms with Crippen LogP contribution in [0.4, 0.5) is 0 Å². The van der Waals surface area contributed by atoms with Crippen molar-refractivity contribution in [2.45, 2.75) is 37.6 Å². The molecule has 21 heavy (non-hydrogen) atoms. The Hall–Kier alpha value is -1.35. The van der Waals surface area contributed by atoms with Crippen molar-refractivity contribution in [3.05, 3.63) is 48.0 Å². The fourth-order valence-corrected chi connectivity index (χ4v) is 5.62. The molecule has 3 heteroatoms. The van der Waals surface area contributed by atoms with Gasteiger partial charge in [-0.3, -0.25) is 9.69 Å². The van der Waals surface area contributed by atoms with Crippen LogP contribution >= 0.6 is 0 Å². The minimum absolute atomic E-state index is 0.0127. The van der Waals surface area contributed by atoms with E-state index in [9.17, 15) is 9.90 Å². The van der Waals surface area contributed by atoms with Crippen LogP contribution in [0.1, 0.15) is 48.0 Å². The summed E-state index contributed by atoms with van der Waals surface area (Å²) in [4.78, 5) is 14.6. The Bertz CT molecular complexity index is 588. The maximum atomic E-state index is 12.8. The highest BCUT2D eigenvalue weighted by Gasteiger charge is 2.58. The van der Waals surface area contributed by atoms with Gasteiger partial charge in [-0.2, -0.15) is 0 Å². The van der Waals surface area contributed by atoms with E-state index in [4.69, 9.17) is 0 Å². The lowest BCUT2D eigenvalue weighted by molar-refractivity contribution is -0.0480. The number of benzene rings is 1. The second-order valence-corrected chi connectivity index (χ2v) is 7.39. The molecular weight excluding hydrogens is 262 g/mol. The van der Waals surface area contributed by atoms with E-state index in [-0.39, 0.29) is 17.7 Å². The molecule has 1 aromatic carbocycles. The summed E-state index contributed by atoms with van der Waals surface area (Å²) in [5, 5.41) is 10.7. The van der Waals surface area contributed by atoms with Crippen molar-refractivity contribution in [2.24, 2.45) is 17.8 Å². The lowest BCUT2D eigenvalue weighted by atomic mass is 9.52. The summed E-state index contributed by atoms with van der Waals surface area (Å²) in [6.07, 6.45) is 8.52. The van der Waals surface area contributed by atoms with Gasteiger partial charge in [0.1, 0.15) is 0 Å². The molecule has 1 amide bonds. The van der Waals surface area contributed by atoms with Gasteiger partial charge in [0.05, 0.1) is 5.54 Å². The standard InChI is InChI=1S/C18H19NO2/c20-16-14-3-1-2-4-15(14)17(21)19(16)18-8-11-5-12(9-18)7-13(6-11)10-18/h1-4,8,11-13,20H,5-7,9-10H2. The van der Waals surface area contributed by atoms with Crippen molar-refractivity contribution < 1.29 is 9.90 Å². The molecule has 4 fully saturated rings. The van der Waals surface area contributed by atoms with Crippen molar-refractivity contribution in [3.8, 4) is 0 Å². The summed E-state index contributed by atoms with van der Waals surface area (Å²) in [6.45, 7) is 0. The van der Waals surface area contributed by atoms with Crippen LogP contribution in [0.15, 0.2) is 24.3 Å². The normalized spacial score (nSPS) is 40.9. The lowest BCUT2D eigenvalue weighted by Gasteiger charge is -2.59. The molecule has 1 aromatic rings. The van der Waals surface area contributed by atoms with E-state index in [1.165, 1.54) is 19.3 Å². The number of hydrogen-bond acceptors (Lipinski definition) is 2. The highest BCUT2D eigenvalue weighted by Crippen LogP contribution is 2.59. The quantitative estimate of drug-likeness (QED) is 0.859. The molecule has 108 valence electrons. The number of carbonyl (C=O) groups is 1. The molecule has 3 nitrogen and oxygen atoms in total. The molecule has 1 aliphatic heterocycles. The first-order chi connectivity index (χ1) is 10.2. The molecule has 1 N–H and O–H groups in total. The van der Waals surface area contributed by atoms with E-state index in [2.05, 4.69) is 6.42 Å². The van der Waals surface area contributed by atoms with E-state index >= 15 is 0 Å². The first-order valence-electron chi connectivity index (χ1n) is 8.02.